The molecule has 4 N–H and O–H groups in total. The normalized spacial score (nSPS) is 22.8. The summed E-state index contributed by atoms with van der Waals surface area (Å²) in [5, 5.41) is 0.934. The molecule has 5 rings (SSSR count). The molecule has 12 nitrogen and oxygen atoms in total. The quantitative estimate of drug-likeness (QED) is 0.218. The zero-order valence-electron chi connectivity index (χ0n) is 30.4. The monoisotopic (exact) mass is 695 g/mol. The van der Waals surface area contributed by atoms with Gasteiger partial charge in [-0.2, -0.15) is 0 Å². The third-order valence-electron chi connectivity index (χ3n) is 10.1. The van der Waals surface area contributed by atoms with Crippen molar-refractivity contribution >= 4 is 28.8 Å². The van der Waals surface area contributed by atoms with Crippen LogP contribution >= 0.6 is 0 Å². The molecule has 4 atom stereocenters. The number of nitrogens with zero attached hydrogens (tertiary/aromatic N) is 3. The first kappa shape index (κ1) is 37.6. The van der Waals surface area contributed by atoms with Crippen LogP contribution in [-0.2, 0) is 25.5 Å². The zero-order chi connectivity index (χ0) is 35.8. The van der Waals surface area contributed by atoms with Gasteiger partial charge in [0.05, 0.1) is 30.3 Å². The van der Waals surface area contributed by atoms with Crippen molar-refractivity contribution in [2.24, 2.45) is 22.8 Å². The number of likely N-dealkylation sites (tertiary alicyclic amines) is 2. The Morgan fingerprint density at radius 2 is 1.74 bits per heavy atom. The Morgan fingerprint density at radius 1 is 0.980 bits per heavy atom. The summed E-state index contributed by atoms with van der Waals surface area (Å²) in [4.78, 5) is 45.9. The number of carbonyl (C=O) groups excluding carboxylic acids is 3. The SMILES string of the molecule is COC1CCN(CCCOc2c(CCCCCC3CC3OC(N)=O)c(OC3CC(C(N)=O)N(C(=O)CC(C)(C)C)C3)nc3ccccc23)CC1. The maximum Gasteiger partial charge on any atom is 0.404 e. The molecule has 3 aliphatic rings. The van der Waals surface area contributed by atoms with Gasteiger partial charge in [-0.3, -0.25) is 9.59 Å². The smallest absolute Gasteiger partial charge is 0.404 e. The molecule has 12 heteroatoms. The van der Waals surface area contributed by atoms with Crippen LogP contribution in [0.5, 0.6) is 11.6 Å². The number of carbonyl (C=O) groups is 3. The fraction of sp³-hybridized carbons (Fsp3) is 0.684. The van der Waals surface area contributed by atoms with E-state index in [1.165, 1.54) is 0 Å². The summed E-state index contributed by atoms with van der Waals surface area (Å²) in [7, 11) is 1.79. The number of nitrogens with two attached hydrogens (primary N) is 2. The predicted molar refractivity (Wildman–Crippen MR) is 191 cm³/mol. The number of unbranched alkanes of at least 4 members (excludes halogenated alkanes) is 2. The molecule has 3 fully saturated rings. The van der Waals surface area contributed by atoms with Crippen LogP contribution in [0.15, 0.2) is 24.3 Å². The number of para-hydroxylation sites is 1. The van der Waals surface area contributed by atoms with E-state index in [1.54, 1.807) is 12.0 Å². The van der Waals surface area contributed by atoms with E-state index in [4.69, 9.17) is 35.4 Å². The summed E-state index contributed by atoms with van der Waals surface area (Å²) in [6.45, 7) is 9.83. The Balaban J connectivity index is 1.31. The molecule has 2 saturated heterocycles. The number of amides is 3. The molecule has 3 heterocycles. The van der Waals surface area contributed by atoms with Crippen molar-refractivity contribution in [1.29, 1.82) is 0 Å². The largest absolute Gasteiger partial charge is 0.492 e. The molecule has 0 radical (unpaired) electrons. The highest BCUT2D eigenvalue weighted by atomic mass is 16.6. The van der Waals surface area contributed by atoms with E-state index in [9.17, 15) is 14.4 Å². The Morgan fingerprint density at radius 3 is 2.44 bits per heavy atom. The van der Waals surface area contributed by atoms with E-state index in [1.807, 2.05) is 45.0 Å². The summed E-state index contributed by atoms with van der Waals surface area (Å²) >= 11 is 0. The summed E-state index contributed by atoms with van der Waals surface area (Å²) in [6, 6.07) is 7.21. The lowest BCUT2D eigenvalue weighted by molar-refractivity contribution is -0.138. The van der Waals surface area contributed by atoms with E-state index in [0.717, 1.165) is 93.2 Å². The lowest BCUT2D eigenvalue weighted by Crippen LogP contribution is -2.44. The first-order chi connectivity index (χ1) is 23.9. The van der Waals surface area contributed by atoms with Crippen molar-refractivity contribution in [2.45, 2.75) is 116 Å². The molecular formula is C38H57N5O7. The molecule has 1 aromatic heterocycles. The molecule has 3 amide bonds. The fourth-order valence-electron chi connectivity index (χ4n) is 7.36. The maximum absolute atomic E-state index is 13.3. The molecule has 1 aromatic carbocycles. The molecular weight excluding hydrogens is 638 g/mol. The lowest BCUT2D eigenvalue weighted by atomic mass is 9.91. The standard InChI is InChI=1S/C38H57N5O7/c1-38(2,3)23-33(44)43-24-27(22-31(43)35(39)45)49-36-29(13-7-5-6-11-25-21-32(25)50-37(40)46)34(28-12-8-9-14-30(28)41-36)48-20-10-17-42-18-15-26(47-4)16-19-42/h8-9,12,14,25-27,31-32H,5-7,10-11,13,15-24H2,1-4H3,(H2,39,45)(H2,40,46). The summed E-state index contributed by atoms with van der Waals surface area (Å²) in [6.07, 6.45) is 8.18. The van der Waals surface area contributed by atoms with Crippen molar-refractivity contribution in [1.82, 2.24) is 14.8 Å². The van der Waals surface area contributed by atoms with Gasteiger partial charge in [-0.1, -0.05) is 45.7 Å². The van der Waals surface area contributed by atoms with Gasteiger partial charge in [-0.05, 0) is 68.4 Å². The van der Waals surface area contributed by atoms with E-state index >= 15 is 0 Å². The number of primary amides is 2. The Kier molecular flexibility index (Phi) is 12.8. The van der Waals surface area contributed by atoms with Gasteiger partial charge in [-0.25, -0.2) is 9.78 Å². The van der Waals surface area contributed by atoms with Gasteiger partial charge in [0.15, 0.2) is 0 Å². The second-order valence-corrected chi connectivity index (χ2v) is 15.5. The van der Waals surface area contributed by atoms with Gasteiger partial charge in [0.2, 0.25) is 17.7 Å². The summed E-state index contributed by atoms with van der Waals surface area (Å²) < 4.78 is 24.0. The van der Waals surface area contributed by atoms with Crippen LogP contribution in [0, 0.1) is 11.3 Å². The minimum atomic E-state index is -0.728. The van der Waals surface area contributed by atoms with Crippen molar-refractivity contribution in [3.05, 3.63) is 29.8 Å². The topological polar surface area (TPSA) is 160 Å². The van der Waals surface area contributed by atoms with Crippen LogP contribution in [0.3, 0.4) is 0 Å². The average molecular weight is 696 g/mol. The molecule has 0 bridgehead atoms. The number of benzene rings is 1. The number of aromatic nitrogens is 1. The maximum atomic E-state index is 13.3. The third kappa shape index (κ3) is 10.4. The Bertz CT molecular complexity index is 1470. The van der Waals surface area contributed by atoms with Crippen LogP contribution in [0.1, 0.15) is 90.5 Å². The molecule has 2 aliphatic heterocycles. The minimum Gasteiger partial charge on any atom is -0.492 e. The number of methoxy groups -OCH3 is 1. The summed E-state index contributed by atoms with van der Waals surface area (Å²) in [5.41, 5.74) is 12.4. The molecule has 4 unspecified atom stereocenters. The summed E-state index contributed by atoms with van der Waals surface area (Å²) in [5.74, 6) is 1.02. The van der Waals surface area contributed by atoms with E-state index in [-0.39, 0.29) is 24.0 Å². The molecule has 1 saturated carbocycles. The average Bonchev–Trinajstić information content (AvgIpc) is 3.64. The lowest BCUT2D eigenvalue weighted by Gasteiger charge is -2.31. The molecule has 50 heavy (non-hydrogen) atoms. The highest BCUT2D eigenvalue weighted by Gasteiger charge is 2.41. The predicted octanol–water partition coefficient (Wildman–Crippen LogP) is 4.97. The van der Waals surface area contributed by atoms with Crippen LogP contribution in [0.2, 0.25) is 0 Å². The minimum absolute atomic E-state index is 0.0472. The number of fused-ring (bicyclic) bond motifs is 1. The molecule has 276 valence electrons. The molecule has 2 aromatic rings. The number of piperidine rings is 1. The number of hydrogen-bond acceptors (Lipinski definition) is 9. The van der Waals surface area contributed by atoms with Gasteiger partial charge in [-0.15, -0.1) is 0 Å². The second kappa shape index (κ2) is 17.0. The van der Waals surface area contributed by atoms with Crippen molar-refractivity contribution < 1.29 is 33.3 Å². The van der Waals surface area contributed by atoms with Gasteiger partial charge in [0.25, 0.3) is 0 Å². The number of hydrogen-bond donors (Lipinski definition) is 2. The van der Waals surface area contributed by atoms with Crippen molar-refractivity contribution in [3.63, 3.8) is 0 Å². The highest BCUT2D eigenvalue weighted by Crippen LogP contribution is 2.40. The van der Waals surface area contributed by atoms with Crippen LogP contribution in [-0.4, -0.2) is 96.9 Å². The first-order valence-corrected chi connectivity index (χ1v) is 18.4. The van der Waals surface area contributed by atoms with E-state index in [2.05, 4.69) is 4.90 Å². The highest BCUT2D eigenvalue weighted by molar-refractivity contribution is 5.88. The van der Waals surface area contributed by atoms with Gasteiger partial charge >= 0.3 is 6.09 Å². The Labute approximate surface area is 296 Å². The second-order valence-electron chi connectivity index (χ2n) is 15.5. The van der Waals surface area contributed by atoms with Crippen LogP contribution in [0.25, 0.3) is 10.9 Å². The van der Waals surface area contributed by atoms with Crippen LogP contribution in [0.4, 0.5) is 4.79 Å². The Hall–Kier alpha value is -3.64. The van der Waals surface area contributed by atoms with E-state index < -0.39 is 24.1 Å². The van der Waals surface area contributed by atoms with Crippen LogP contribution < -0.4 is 20.9 Å². The van der Waals surface area contributed by atoms with Gasteiger partial charge < -0.3 is 40.2 Å². The van der Waals surface area contributed by atoms with E-state index in [0.29, 0.717) is 43.8 Å². The van der Waals surface area contributed by atoms with Gasteiger partial charge in [0, 0.05) is 45.0 Å². The van der Waals surface area contributed by atoms with Crippen molar-refractivity contribution in [3.8, 4) is 11.6 Å². The third-order valence-corrected chi connectivity index (χ3v) is 10.1. The zero-order valence-corrected chi connectivity index (χ0v) is 30.4. The van der Waals surface area contributed by atoms with Gasteiger partial charge in [0.1, 0.15) is 24.0 Å². The first-order valence-electron chi connectivity index (χ1n) is 18.4. The van der Waals surface area contributed by atoms with Crippen molar-refractivity contribution in [2.75, 3.05) is 39.9 Å². The molecule has 0 spiro atoms. The number of rotatable bonds is 17. The number of ether oxygens (including phenoxy) is 4. The molecule has 1 aliphatic carbocycles. The number of pyridine rings is 1. The fourth-order valence-corrected chi connectivity index (χ4v) is 7.36.